The van der Waals surface area contributed by atoms with E-state index < -0.39 is 0 Å². The number of hydrogen-bond donors (Lipinski definition) is 1. The molecule has 0 aromatic heterocycles. The Morgan fingerprint density at radius 2 is 2.27 bits per heavy atom. The van der Waals surface area contributed by atoms with Crippen molar-refractivity contribution in [2.45, 2.75) is 6.42 Å². The minimum absolute atomic E-state index is 0.646. The Hall–Kier alpha value is 0.0200. The fourth-order valence-electron chi connectivity index (χ4n) is 0.527. The van der Waals surface area contributed by atoms with Gasteiger partial charge in [0.05, 0.1) is 0 Å². The molecular formula is C8H13Cl2N. The molecule has 64 valence electrons. The highest BCUT2D eigenvalue weighted by Crippen LogP contribution is 2.02. The fraction of sp³-hybridized carbons (Fsp3) is 0.500. The number of alkyl halides is 1. The number of allylic oxidation sites excluding steroid dienone is 3. The zero-order valence-electron chi connectivity index (χ0n) is 6.61. The first-order valence-electron chi connectivity index (χ1n) is 3.54. The number of likely N-dealkylation sites (N-methyl/N-ethyl adjacent to an activating group) is 1. The molecule has 0 amide bonds. The quantitative estimate of drug-likeness (QED) is 0.523. The van der Waals surface area contributed by atoms with Crippen LogP contribution in [0.5, 0.6) is 0 Å². The Balaban J connectivity index is 3.56. The monoisotopic (exact) mass is 193 g/mol. The molecule has 0 saturated carbocycles. The summed E-state index contributed by atoms with van der Waals surface area (Å²) in [5.41, 5.74) is 0. The molecule has 0 aromatic carbocycles. The van der Waals surface area contributed by atoms with E-state index in [9.17, 15) is 0 Å². The molecule has 3 heteroatoms. The van der Waals surface area contributed by atoms with Crippen LogP contribution >= 0.6 is 23.2 Å². The predicted molar refractivity (Wildman–Crippen MR) is 52.3 cm³/mol. The lowest BCUT2D eigenvalue weighted by molar-refractivity contribution is 0.918. The molecule has 0 aliphatic carbocycles. The highest BCUT2D eigenvalue weighted by molar-refractivity contribution is 6.31. The number of nitrogens with one attached hydrogen (secondary N) is 1. The Labute approximate surface area is 78.1 Å². The molecule has 0 fully saturated rings. The average Bonchev–Trinajstić information content (AvgIpc) is 2.01. The fourth-order valence-corrected chi connectivity index (χ4v) is 0.819. The summed E-state index contributed by atoms with van der Waals surface area (Å²) in [6, 6.07) is 0. The molecule has 1 nitrogen and oxygen atoms in total. The van der Waals surface area contributed by atoms with Crippen molar-refractivity contribution in [2.75, 3.05) is 19.5 Å². The van der Waals surface area contributed by atoms with Crippen molar-refractivity contribution >= 4 is 23.2 Å². The van der Waals surface area contributed by atoms with E-state index in [-0.39, 0.29) is 0 Å². The minimum Gasteiger partial charge on any atom is -0.316 e. The van der Waals surface area contributed by atoms with E-state index in [1.54, 1.807) is 0 Å². The van der Waals surface area contributed by atoms with Crippen LogP contribution in [0.4, 0.5) is 0 Å². The van der Waals surface area contributed by atoms with E-state index in [1.165, 1.54) is 0 Å². The lowest BCUT2D eigenvalue weighted by atomic mass is 10.4. The van der Waals surface area contributed by atoms with Crippen LogP contribution in [0.15, 0.2) is 23.3 Å². The number of halogens is 2. The summed E-state index contributed by atoms with van der Waals surface area (Å²) in [6.45, 7) is 0.796. The third kappa shape index (κ3) is 7.92. The minimum atomic E-state index is 0.646. The molecule has 0 rings (SSSR count). The zero-order chi connectivity index (χ0) is 8.53. The van der Waals surface area contributed by atoms with Gasteiger partial charge in [-0.05, 0) is 19.5 Å². The number of rotatable bonds is 5. The van der Waals surface area contributed by atoms with Gasteiger partial charge in [0.2, 0.25) is 0 Å². The van der Waals surface area contributed by atoms with Gasteiger partial charge >= 0.3 is 0 Å². The van der Waals surface area contributed by atoms with Gasteiger partial charge in [-0.15, -0.1) is 11.6 Å². The zero-order valence-corrected chi connectivity index (χ0v) is 8.12. The maximum Gasteiger partial charge on any atom is 0.0375 e. The Kier molecular flexibility index (Phi) is 8.13. The van der Waals surface area contributed by atoms with Gasteiger partial charge < -0.3 is 5.32 Å². The molecule has 0 heterocycles. The Bertz CT molecular complexity index is 141. The second-order valence-corrected chi connectivity index (χ2v) is 2.84. The van der Waals surface area contributed by atoms with E-state index in [1.807, 2.05) is 25.3 Å². The molecule has 0 bridgehead atoms. The summed E-state index contributed by atoms with van der Waals surface area (Å²) in [4.78, 5) is 0. The highest BCUT2D eigenvalue weighted by atomic mass is 35.5. The molecule has 0 aliphatic heterocycles. The summed E-state index contributed by atoms with van der Waals surface area (Å²) >= 11 is 11.2. The SMILES string of the molecule is CNC/C=C(Cl)\C=C/CCCl. The molecule has 0 spiro atoms. The molecule has 0 unspecified atom stereocenters. The van der Waals surface area contributed by atoms with Gasteiger partial charge in [0.15, 0.2) is 0 Å². The molecule has 0 aromatic rings. The van der Waals surface area contributed by atoms with Crippen LogP contribution in [0.25, 0.3) is 0 Å². The van der Waals surface area contributed by atoms with Gasteiger partial charge in [0.25, 0.3) is 0 Å². The number of hydrogen-bond acceptors (Lipinski definition) is 1. The molecule has 0 radical (unpaired) electrons. The third-order valence-electron chi connectivity index (χ3n) is 1.05. The molecule has 11 heavy (non-hydrogen) atoms. The van der Waals surface area contributed by atoms with Crippen LogP contribution < -0.4 is 5.32 Å². The highest BCUT2D eigenvalue weighted by Gasteiger charge is 1.82. The average molecular weight is 194 g/mol. The summed E-state index contributed by atoms with van der Waals surface area (Å²) in [7, 11) is 1.88. The van der Waals surface area contributed by atoms with Gasteiger partial charge in [0, 0.05) is 17.5 Å². The maximum absolute atomic E-state index is 5.79. The van der Waals surface area contributed by atoms with E-state index in [0.717, 1.165) is 18.0 Å². The summed E-state index contributed by atoms with van der Waals surface area (Å²) in [5, 5.41) is 3.72. The topological polar surface area (TPSA) is 12.0 Å². The lowest BCUT2D eigenvalue weighted by Gasteiger charge is -1.90. The Morgan fingerprint density at radius 3 is 2.82 bits per heavy atom. The summed E-state index contributed by atoms with van der Waals surface area (Å²) < 4.78 is 0. The van der Waals surface area contributed by atoms with Crippen LogP contribution in [-0.2, 0) is 0 Å². The van der Waals surface area contributed by atoms with Gasteiger partial charge in [-0.3, -0.25) is 0 Å². The van der Waals surface area contributed by atoms with Crippen molar-refractivity contribution in [2.24, 2.45) is 0 Å². The smallest absolute Gasteiger partial charge is 0.0375 e. The van der Waals surface area contributed by atoms with Crippen molar-refractivity contribution in [3.05, 3.63) is 23.3 Å². The second-order valence-electron chi connectivity index (χ2n) is 2.03. The van der Waals surface area contributed by atoms with E-state index in [4.69, 9.17) is 23.2 Å². The second kappa shape index (κ2) is 8.12. The van der Waals surface area contributed by atoms with Crippen molar-refractivity contribution in [1.82, 2.24) is 5.32 Å². The molecule has 0 aliphatic rings. The summed E-state index contributed by atoms with van der Waals surface area (Å²) in [5.74, 6) is 0.646. The van der Waals surface area contributed by atoms with Crippen molar-refractivity contribution in [3.8, 4) is 0 Å². The largest absolute Gasteiger partial charge is 0.316 e. The van der Waals surface area contributed by atoms with Crippen LogP contribution in [0, 0.1) is 0 Å². The van der Waals surface area contributed by atoms with Crippen molar-refractivity contribution < 1.29 is 0 Å². The van der Waals surface area contributed by atoms with E-state index >= 15 is 0 Å². The molecule has 0 saturated heterocycles. The van der Waals surface area contributed by atoms with Crippen molar-refractivity contribution in [3.63, 3.8) is 0 Å². The van der Waals surface area contributed by atoms with Gasteiger partial charge in [-0.1, -0.05) is 23.8 Å². The Morgan fingerprint density at radius 1 is 1.55 bits per heavy atom. The van der Waals surface area contributed by atoms with Crippen LogP contribution in [0.2, 0.25) is 0 Å². The maximum atomic E-state index is 5.79. The normalized spacial score (nSPS) is 12.8. The van der Waals surface area contributed by atoms with Gasteiger partial charge in [-0.25, -0.2) is 0 Å². The third-order valence-corrected chi connectivity index (χ3v) is 1.55. The van der Waals surface area contributed by atoms with Crippen LogP contribution in [0.1, 0.15) is 6.42 Å². The molecule has 0 atom stereocenters. The summed E-state index contributed by atoms with van der Waals surface area (Å²) in [6.07, 6.45) is 6.60. The van der Waals surface area contributed by atoms with E-state index in [0.29, 0.717) is 5.88 Å². The standard InChI is InChI=1S/C8H13Cl2N/c1-11-7-5-8(10)4-2-3-6-9/h2,4-5,11H,3,6-7H2,1H3/b4-2-,8-5+. The lowest BCUT2D eigenvalue weighted by Crippen LogP contribution is -2.04. The van der Waals surface area contributed by atoms with Crippen molar-refractivity contribution in [1.29, 1.82) is 0 Å². The molecule has 1 N–H and O–H groups in total. The van der Waals surface area contributed by atoms with Gasteiger partial charge in [0.1, 0.15) is 0 Å². The first-order chi connectivity index (χ1) is 5.31. The predicted octanol–water partition coefficient (Wildman–Crippen LogP) is 2.51. The van der Waals surface area contributed by atoms with Crippen LogP contribution in [0.3, 0.4) is 0 Å². The van der Waals surface area contributed by atoms with E-state index in [2.05, 4.69) is 5.32 Å². The first-order valence-corrected chi connectivity index (χ1v) is 4.45. The van der Waals surface area contributed by atoms with Gasteiger partial charge in [-0.2, -0.15) is 0 Å². The van der Waals surface area contributed by atoms with Crippen LogP contribution in [-0.4, -0.2) is 19.5 Å². The first kappa shape index (κ1) is 11.0. The molecular weight excluding hydrogens is 181 g/mol.